The van der Waals surface area contributed by atoms with Gasteiger partial charge >= 0.3 is 0 Å². The van der Waals surface area contributed by atoms with Crippen molar-refractivity contribution in [2.24, 2.45) is 0 Å². The minimum atomic E-state index is -1.96. The van der Waals surface area contributed by atoms with Gasteiger partial charge in [0.05, 0.1) is 11.4 Å². The van der Waals surface area contributed by atoms with E-state index in [9.17, 15) is 0 Å². The molecule has 0 N–H and O–H groups in total. The number of aromatic nitrogens is 2. The van der Waals surface area contributed by atoms with Gasteiger partial charge in [-0.1, -0.05) is 134 Å². The zero-order valence-corrected chi connectivity index (χ0v) is 23.1. The Bertz CT molecular complexity index is 1830. The predicted molar refractivity (Wildman–Crippen MR) is 166 cm³/mol. The second kappa shape index (κ2) is 9.30. The number of rotatable bonds is 4. The summed E-state index contributed by atoms with van der Waals surface area (Å²) >= 11 is 0. The van der Waals surface area contributed by atoms with Crippen molar-refractivity contribution in [2.75, 3.05) is 0 Å². The summed E-state index contributed by atoms with van der Waals surface area (Å²) in [6, 6.07) is 47.3. The van der Waals surface area contributed by atoms with Gasteiger partial charge in [-0.15, -0.1) is 0 Å². The van der Waals surface area contributed by atoms with Gasteiger partial charge in [0, 0.05) is 11.1 Å². The molecule has 186 valence electrons. The highest BCUT2D eigenvalue weighted by Crippen LogP contribution is 2.34. The molecule has 0 fully saturated rings. The van der Waals surface area contributed by atoms with E-state index in [0.29, 0.717) is 0 Å². The largest absolute Gasteiger partial charge is 0.228 e. The van der Waals surface area contributed by atoms with Crippen LogP contribution in [-0.4, -0.2) is 18.0 Å². The fourth-order valence-corrected chi connectivity index (χ4v) is 9.13. The Labute approximate surface area is 230 Å². The van der Waals surface area contributed by atoms with Crippen LogP contribution in [0.2, 0.25) is 13.1 Å². The third-order valence-corrected chi connectivity index (χ3v) is 11.4. The summed E-state index contributed by atoms with van der Waals surface area (Å²) < 4.78 is 0. The topological polar surface area (TPSA) is 25.8 Å². The van der Waals surface area contributed by atoms with E-state index in [1.54, 1.807) is 0 Å². The Hall–Kier alpha value is -4.60. The molecule has 0 radical (unpaired) electrons. The molecular weight excluding hydrogens is 488 g/mol. The zero-order valence-electron chi connectivity index (χ0n) is 22.1. The quantitative estimate of drug-likeness (QED) is 0.222. The molecule has 2 heterocycles. The van der Waals surface area contributed by atoms with E-state index >= 15 is 0 Å². The lowest BCUT2D eigenvalue weighted by atomic mass is 9.98. The van der Waals surface area contributed by atoms with Crippen molar-refractivity contribution in [3.8, 4) is 56.2 Å². The second-order valence-corrected chi connectivity index (χ2v) is 15.0. The van der Waals surface area contributed by atoms with Gasteiger partial charge in [-0.2, -0.15) is 0 Å². The molecule has 0 atom stereocenters. The summed E-state index contributed by atoms with van der Waals surface area (Å²) in [5.74, 6) is 0.773. The van der Waals surface area contributed by atoms with Gasteiger partial charge < -0.3 is 0 Å². The molecule has 0 aliphatic carbocycles. The fraction of sp³-hybridized carbons (Fsp3) is 0.0556. The van der Waals surface area contributed by atoms with Crippen LogP contribution in [0, 0.1) is 0 Å². The monoisotopic (exact) mass is 516 g/mol. The molecule has 6 aromatic rings. The average molecular weight is 517 g/mol. The molecule has 1 aromatic heterocycles. The second-order valence-electron chi connectivity index (χ2n) is 10.7. The Kier molecular flexibility index (Phi) is 5.61. The third kappa shape index (κ3) is 4.03. The van der Waals surface area contributed by atoms with Gasteiger partial charge in [0.2, 0.25) is 0 Å². The van der Waals surface area contributed by atoms with Gasteiger partial charge in [0.25, 0.3) is 0 Å². The molecule has 0 spiro atoms. The van der Waals surface area contributed by atoms with Crippen LogP contribution in [0.25, 0.3) is 56.2 Å². The summed E-state index contributed by atoms with van der Waals surface area (Å²) in [5.41, 5.74) is 10.4. The lowest BCUT2D eigenvalue weighted by molar-refractivity contribution is 1.20. The highest BCUT2D eigenvalue weighted by molar-refractivity contribution is 7.04. The molecular formula is C36H28N2Si. The van der Waals surface area contributed by atoms with E-state index in [2.05, 4.69) is 147 Å². The summed E-state index contributed by atoms with van der Waals surface area (Å²) in [5, 5.41) is 2.78. The first-order valence-corrected chi connectivity index (χ1v) is 16.4. The fourth-order valence-electron chi connectivity index (χ4n) is 5.90. The molecule has 39 heavy (non-hydrogen) atoms. The van der Waals surface area contributed by atoms with Crippen LogP contribution in [-0.2, 0) is 0 Å². The van der Waals surface area contributed by atoms with Crippen molar-refractivity contribution in [3.63, 3.8) is 0 Å². The zero-order chi connectivity index (χ0) is 26.4. The van der Waals surface area contributed by atoms with E-state index in [1.165, 1.54) is 32.6 Å². The Morgan fingerprint density at radius 1 is 0.436 bits per heavy atom. The van der Waals surface area contributed by atoms with Crippen LogP contribution >= 0.6 is 0 Å². The SMILES string of the molecule is C[Si]1(C)c2ccccc2-c2nc(-c3cccc(-c4cccc(-c5ccccc5)c4)c3)nc(-c3ccccc3)c21. The van der Waals surface area contributed by atoms with Crippen molar-refractivity contribution in [1.82, 2.24) is 9.97 Å². The lowest BCUT2D eigenvalue weighted by Gasteiger charge is -2.21. The molecule has 7 rings (SSSR count). The Balaban J connectivity index is 1.40. The van der Waals surface area contributed by atoms with E-state index < -0.39 is 8.07 Å². The maximum absolute atomic E-state index is 5.29. The molecule has 1 aliphatic rings. The standard InChI is InChI=1S/C36H28N2Si/c1-39(2)32-22-10-9-21-31(32)34-35(39)33(26-15-7-4-8-16-26)37-36(38-34)30-20-12-19-29(24-30)28-18-11-17-27(23-28)25-13-5-3-6-14-25/h3-24H,1-2H3. The first-order valence-electron chi connectivity index (χ1n) is 13.4. The van der Waals surface area contributed by atoms with E-state index in [0.717, 1.165) is 33.9 Å². The van der Waals surface area contributed by atoms with Crippen LogP contribution in [0.15, 0.2) is 133 Å². The van der Waals surface area contributed by atoms with Crippen molar-refractivity contribution in [2.45, 2.75) is 13.1 Å². The van der Waals surface area contributed by atoms with Crippen LogP contribution in [0.1, 0.15) is 0 Å². The van der Waals surface area contributed by atoms with Gasteiger partial charge in [-0.3, -0.25) is 0 Å². The summed E-state index contributed by atoms with van der Waals surface area (Å²) in [4.78, 5) is 10.6. The highest BCUT2D eigenvalue weighted by Gasteiger charge is 2.41. The van der Waals surface area contributed by atoms with E-state index in [1.807, 2.05) is 0 Å². The number of benzene rings is 5. The summed E-state index contributed by atoms with van der Waals surface area (Å²) in [6.45, 7) is 4.85. The first-order chi connectivity index (χ1) is 19.1. The number of hydrogen-bond donors (Lipinski definition) is 0. The van der Waals surface area contributed by atoms with Gasteiger partial charge in [0.1, 0.15) is 8.07 Å². The maximum Gasteiger partial charge on any atom is 0.160 e. The molecule has 5 aromatic carbocycles. The maximum atomic E-state index is 5.29. The smallest absolute Gasteiger partial charge is 0.160 e. The Morgan fingerprint density at radius 2 is 0.923 bits per heavy atom. The average Bonchev–Trinajstić information content (AvgIpc) is 3.24. The molecule has 0 unspecified atom stereocenters. The summed E-state index contributed by atoms with van der Waals surface area (Å²) in [7, 11) is -1.96. The van der Waals surface area contributed by atoms with Crippen LogP contribution < -0.4 is 10.4 Å². The van der Waals surface area contributed by atoms with Crippen molar-refractivity contribution in [3.05, 3.63) is 133 Å². The first kappa shape index (κ1) is 23.5. The molecule has 3 heteroatoms. The minimum absolute atomic E-state index is 0.773. The number of nitrogens with zero attached hydrogens (tertiary/aromatic N) is 2. The molecule has 0 bridgehead atoms. The molecule has 0 saturated heterocycles. The van der Waals surface area contributed by atoms with Crippen molar-refractivity contribution < 1.29 is 0 Å². The third-order valence-electron chi connectivity index (χ3n) is 7.86. The van der Waals surface area contributed by atoms with Crippen LogP contribution in [0.4, 0.5) is 0 Å². The molecule has 0 saturated carbocycles. The minimum Gasteiger partial charge on any atom is -0.228 e. The van der Waals surface area contributed by atoms with Crippen LogP contribution in [0.5, 0.6) is 0 Å². The van der Waals surface area contributed by atoms with Crippen molar-refractivity contribution in [1.29, 1.82) is 0 Å². The summed E-state index contributed by atoms with van der Waals surface area (Å²) in [6.07, 6.45) is 0. The van der Waals surface area contributed by atoms with Gasteiger partial charge in [-0.05, 0) is 50.3 Å². The van der Waals surface area contributed by atoms with E-state index in [-0.39, 0.29) is 0 Å². The van der Waals surface area contributed by atoms with Crippen LogP contribution in [0.3, 0.4) is 0 Å². The highest BCUT2D eigenvalue weighted by atomic mass is 28.3. The van der Waals surface area contributed by atoms with Gasteiger partial charge in [-0.25, -0.2) is 9.97 Å². The lowest BCUT2D eigenvalue weighted by Crippen LogP contribution is -2.50. The molecule has 2 nitrogen and oxygen atoms in total. The number of fused-ring (bicyclic) bond motifs is 3. The van der Waals surface area contributed by atoms with E-state index in [4.69, 9.17) is 9.97 Å². The normalized spacial score (nSPS) is 13.1. The molecule has 0 amide bonds. The predicted octanol–water partition coefficient (Wildman–Crippen LogP) is 7.95. The van der Waals surface area contributed by atoms with Gasteiger partial charge in [0.15, 0.2) is 5.82 Å². The number of hydrogen-bond acceptors (Lipinski definition) is 2. The Morgan fingerprint density at radius 3 is 1.62 bits per heavy atom. The van der Waals surface area contributed by atoms with Crippen molar-refractivity contribution >= 4 is 18.4 Å². The molecule has 1 aliphatic heterocycles.